The van der Waals surface area contributed by atoms with E-state index in [1.807, 2.05) is 0 Å². The van der Waals surface area contributed by atoms with Gasteiger partial charge in [-0.15, -0.1) is 0 Å². The molecule has 0 heterocycles. The molecular formula is C29H60O3Sn2. The predicted octanol–water partition coefficient (Wildman–Crippen LogP) is 10.1. The summed E-state index contributed by atoms with van der Waals surface area (Å²) in [6.45, 7) is 13.6. The third-order valence-corrected chi connectivity index (χ3v) is 35.7. The second-order valence-electron chi connectivity index (χ2n) is 11.0. The first-order valence-electron chi connectivity index (χ1n) is 15.1. The summed E-state index contributed by atoms with van der Waals surface area (Å²) in [7, 11) is 0. The molecule has 0 spiro atoms. The van der Waals surface area contributed by atoms with Gasteiger partial charge in [0.25, 0.3) is 0 Å². The predicted molar refractivity (Wildman–Crippen MR) is 155 cm³/mol. The Hall–Kier alpha value is 0.737. The van der Waals surface area contributed by atoms with Crippen molar-refractivity contribution in [3.05, 3.63) is 0 Å². The molecule has 0 radical (unpaired) electrons. The normalized spacial score (nSPS) is 12.2. The van der Waals surface area contributed by atoms with E-state index in [2.05, 4.69) is 41.5 Å². The Balaban J connectivity index is 5.18. The third kappa shape index (κ3) is 15.8. The van der Waals surface area contributed by atoms with Gasteiger partial charge in [0.1, 0.15) is 0 Å². The molecule has 0 saturated carbocycles. The van der Waals surface area contributed by atoms with Crippen molar-refractivity contribution in [2.24, 2.45) is 0 Å². The van der Waals surface area contributed by atoms with Crippen LogP contribution in [0.3, 0.4) is 0 Å². The minimum absolute atomic E-state index is 0.0380. The van der Waals surface area contributed by atoms with E-state index in [4.69, 9.17) is 3.07 Å². The molecule has 202 valence electrons. The van der Waals surface area contributed by atoms with Crippen LogP contribution < -0.4 is 0 Å². The Morgan fingerprint density at radius 2 is 0.882 bits per heavy atom. The summed E-state index contributed by atoms with van der Waals surface area (Å²) >= 11 is -5.39. The van der Waals surface area contributed by atoms with Crippen molar-refractivity contribution in [1.82, 2.24) is 0 Å². The summed E-state index contributed by atoms with van der Waals surface area (Å²) in [5.41, 5.74) is 0. The van der Waals surface area contributed by atoms with E-state index < -0.39 is 37.2 Å². The van der Waals surface area contributed by atoms with Crippen molar-refractivity contribution >= 4 is 48.9 Å². The molecule has 0 aromatic heterocycles. The molecule has 0 aliphatic rings. The van der Waals surface area contributed by atoms with E-state index in [0.29, 0.717) is 18.6 Å². The van der Waals surface area contributed by atoms with Crippen LogP contribution in [-0.4, -0.2) is 48.9 Å². The average molecular weight is 694 g/mol. The molecule has 0 amide bonds. The van der Waals surface area contributed by atoms with Gasteiger partial charge in [-0.05, 0) is 0 Å². The van der Waals surface area contributed by atoms with Crippen molar-refractivity contribution in [2.75, 3.05) is 0 Å². The van der Waals surface area contributed by atoms with Crippen LogP contribution in [0.25, 0.3) is 0 Å². The molecule has 0 bridgehead atoms. The first-order valence-corrected chi connectivity index (χ1v) is 30.4. The molecule has 0 rings (SSSR count). The first-order chi connectivity index (χ1) is 16.4. The average Bonchev–Trinajstić information content (AvgIpc) is 2.84. The standard InChI is InChI=1S/C5H7O3.6C4H9.2Sn/c1-4(6)2-3-5(7)8;6*1-3-4-2;;/h1-3H2,(H,7,8);6*1,3-4H2,2H3;;/q;;;;;;;;+1/p-1. The second-order valence-corrected chi connectivity index (χ2v) is 36.5. The third-order valence-electron chi connectivity index (χ3n) is 7.65. The number of unbranched alkanes of at least 4 members (excludes halogenated alkanes) is 6. The number of Topliss-reactive ketones (excluding diaryl/α,β-unsaturated/α-hetero) is 1. The van der Waals surface area contributed by atoms with Crippen molar-refractivity contribution in [3.8, 4) is 0 Å². The molecule has 5 heteroatoms. The van der Waals surface area contributed by atoms with Gasteiger partial charge in [0.15, 0.2) is 0 Å². The summed E-state index contributed by atoms with van der Waals surface area (Å²) in [5.74, 6) is 0.344. The van der Waals surface area contributed by atoms with Crippen LogP contribution in [0, 0.1) is 0 Å². The monoisotopic (exact) mass is 696 g/mol. The van der Waals surface area contributed by atoms with Crippen molar-refractivity contribution in [3.63, 3.8) is 0 Å². The SMILES string of the molecule is CCC[CH2][Sn]([CH2]CCC)([CH2]CCC)[CH2]C(=O)CCC(=O)[O][Sn]([CH2]CCC)([CH2]CCC)[CH2]CCC. The zero-order chi connectivity index (χ0) is 25.7. The van der Waals surface area contributed by atoms with Crippen molar-refractivity contribution < 1.29 is 12.7 Å². The molecule has 0 saturated heterocycles. The molecule has 0 aliphatic heterocycles. The number of hydrogen-bond acceptors (Lipinski definition) is 3. The fourth-order valence-electron chi connectivity index (χ4n) is 5.36. The fourth-order valence-corrected chi connectivity index (χ4v) is 34.6. The number of carbonyl (C=O) groups excluding carboxylic acids is 2. The van der Waals surface area contributed by atoms with Crippen LogP contribution in [0.2, 0.25) is 31.1 Å². The van der Waals surface area contributed by atoms with Gasteiger partial charge in [0.05, 0.1) is 0 Å². The Labute approximate surface area is 222 Å². The van der Waals surface area contributed by atoms with Crippen LogP contribution in [0.1, 0.15) is 131 Å². The van der Waals surface area contributed by atoms with Gasteiger partial charge in [-0.3, -0.25) is 0 Å². The maximum atomic E-state index is 13.2. The van der Waals surface area contributed by atoms with E-state index in [1.54, 1.807) is 0 Å². The second kappa shape index (κ2) is 21.8. The maximum absolute atomic E-state index is 13.2. The van der Waals surface area contributed by atoms with Gasteiger partial charge in [0.2, 0.25) is 0 Å². The first kappa shape index (κ1) is 34.7. The zero-order valence-electron chi connectivity index (χ0n) is 24.1. The number of carbonyl (C=O) groups is 2. The molecule has 0 N–H and O–H groups in total. The summed E-state index contributed by atoms with van der Waals surface area (Å²) in [6, 6.07) is 0. The molecule has 0 aromatic carbocycles. The molecule has 3 nitrogen and oxygen atoms in total. The molecule has 34 heavy (non-hydrogen) atoms. The molecule has 0 aliphatic carbocycles. The van der Waals surface area contributed by atoms with E-state index in [-0.39, 0.29) is 5.97 Å². The number of ketones is 1. The van der Waals surface area contributed by atoms with Gasteiger partial charge >= 0.3 is 224 Å². The Kier molecular flexibility index (Phi) is 22.3. The summed E-state index contributed by atoms with van der Waals surface area (Å²) < 4.78 is 15.0. The van der Waals surface area contributed by atoms with E-state index >= 15 is 0 Å². The van der Waals surface area contributed by atoms with Gasteiger partial charge in [0, 0.05) is 0 Å². The van der Waals surface area contributed by atoms with Crippen LogP contribution in [-0.2, 0) is 12.7 Å². The van der Waals surface area contributed by atoms with Crippen LogP contribution in [0.4, 0.5) is 0 Å². The van der Waals surface area contributed by atoms with Gasteiger partial charge < -0.3 is 0 Å². The van der Waals surface area contributed by atoms with Crippen molar-refractivity contribution in [1.29, 1.82) is 0 Å². The molecule has 0 unspecified atom stereocenters. The fraction of sp³-hybridized carbons (Fsp3) is 0.931. The zero-order valence-corrected chi connectivity index (χ0v) is 29.8. The molecular weight excluding hydrogens is 634 g/mol. The van der Waals surface area contributed by atoms with E-state index in [1.165, 1.54) is 104 Å². The van der Waals surface area contributed by atoms with Gasteiger partial charge in [-0.1, -0.05) is 0 Å². The Morgan fingerprint density at radius 1 is 0.529 bits per heavy atom. The van der Waals surface area contributed by atoms with E-state index in [0.717, 1.165) is 4.44 Å². The summed E-state index contributed by atoms with van der Waals surface area (Å²) in [5, 5.41) is 0. The minimum atomic E-state index is -2.93. The van der Waals surface area contributed by atoms with Gasteiger partial charge in [-0.2, -0.15) is 0 Å². The van der Waals surface area contributed by atoms with Crippen LogP contribution in [0.15, 0.2) is 0 Å². The Morgan fingerprint density at radius 3 is 1.24 bits per heavy atom. The van der Waals surface area contributed by atoms with E-state index in [9.17, 15) is 9.59 Å². The number of hydrogen-bond donors (Lipinski definition) is 0. The summed E-state index contributed by atoms with van der Waals surface area (Å²) in [6.07, 6.45) is 15.5. The van der Waals surface area contributed by atoms with Crippen LogP contribution >= 0.6 is 0 Å². The Bertz CT molecular complexity index is 432. The van der Waals surface area contributed by atoms with Crippen LogP contribution in [0.5, 0.6) is 0 Å². The van der Waals surface area contributed by atoms with Gasteiger partial charge in [-0.25, -0.2) is 0 Å². The number of rotatable bonds is 24. The molecule has 0 aromatic rings. The summed E-state index contributed by atoms with van der Waals surface area (Å²) in [4.78, 5) is 26.2. The molecule has 0 fully saturated rings. The molecule has 0 atom stereocenters. The van der Waals surface area contributed by atoms with Crippen molar-refractivity contribution in [2.45, 2.75) is 162 Å². The quantitative estimate of drug-likeness (QED) is 0.0946. The topological polar surface area (TPSA) is 43.4 Å².